The van der Waals surface area contributed by atoms with E-state index in [0.717, 1.165) is 0 Å². The highest BCUT2D eigenvalue weighted by molar-refractivity contribution is 5.87. The summed E-state index contributed by atoms with van der Waals surface area (Å²) in [6.45, 7) is 9.11. The topological polar surface area (TPSA) is 127 Å². The number of methoxy groups -OCH3 is 1. The summed E-state index contributed by atoms with van der Waals surface area (Å²) in [4.78, 5) is 40.7. The Morgan fingerprint density at radius 2 is 1.97 bits per heavy atom. The maximum Gasteiger partial charge on any atom is 0.411 e. The molecule has 1 heterocycles. The Bertz CT molecular complexity index is 1060. The van der Waals surface area contributed by atoms with Crippen LogP contribution in [0.25, 0.3) is 11.1 Å². The van der Waals surface area contributed by atoms with Gasteiger partial charge in [-0.2, -0.15) is 0 Å². The molecule has 0 aliphatic rings. The molecule has 1 aromatic heterocycles. The number of anilines is 2. The number of H-pyrrole nitrogens is 1. The number of nitrogens with zero attached hydrogens (tertiary/aromatic N) is 1. The van der Waals surface area contributed by atoms with E-state index in [9.17, 15) is 14.4 Å². The van der Waals surface area contributed by atoms with Gasteiger partial charge in [-0.05, 0) is 51.0 Å². The maximum atomic E-state index is 12.6. The van der Waals surface area contributed by atoms with Crippen molar-refractivity contribution < 1.29 is 19.1 Å². The normalized spacial score (nSPS) is 11.9. The second-order valence-electron chi connectivity index (χ2n) is 8.24. The number of amides is 2. The molecule has 0 fully saturated rings. The molecule has 0 saturated heterocycles. The fourth-order valence-corrected chi connectivity index (χ4v) is 3.08. The van der Waals surface area contributed by atoms with E-state index in [0.29, 0.717) is 34.6 Å². The maximum absolute atomic E-state index is 12.6. The molecule has 2 rings (SSSR count). The molecule has 0 radical (unpaired) electrons. The molecule has 172 valence electrons. The van der Waals surface area contributed by atoms with Crippen molar-refractivity contribution in [2.24, 2.45) is 0 Å². The Balaban J connectivity index is 2.44. The number of nitrogens with one attached hydrogen (secondary N) is 2. The molecule has 1 aromatic carbocycles. The number of benzene rings is 1. The molecule has 0 aliphatic heterocycles. The highest BCUT2D eigenvalue weighted by Crippen LogP contribution is 2.31. The summed E-state index contributed by atoms with van der Waals surface area (Å²) in [5, 5.41) is 2.54. The van der Waals surface area contributed by atoms with Gasteiger partial charge < -0.3 is 25.1 Å². The van der Waals surface area contributed by atoms with Crippen molar-refractivity contribution >= 4 is 23.6 Å². The summed E-state index contributed by atoms with van der Waals surface area (Å²) in [5.41, 5.74) is 7.67. The van der Waals surface area contributed by atoms with Crippen LogP contribution in [0.2, 0.25) is 0 Å². The number of aromatic amines is 1. The number of rotatable bonds is 6. The van der Waals surface area contributed by atoms with Crippen molar-refractivity contribution in [3.63, 3.8) is 0 Å². The first-order valence-electron chi connectivity index (χ1n) is 10.0. The van der Waals surface area contributed by atoms with Crippen LogP contribution in [0.3, 0.4) is 0 Å². The second-order valence-corrected chi connectivity index (χ2v) is 8.24. The van der Waals surface area contributed by atoms with E-state index in [1.165, 1.54) is 18.1 Å². The molecule has 4 N–H and O–H groups in total. The van der Waals surface area contributed by atoms with Crippen molar-refractivity contribution in [2.45, 2.75) is 38.8 Å². The zero-order valence-electron chi connectivity index (χ0n) is 19.0. The van der Waals surface area contributed by atoms with Gasteiger partial charge in [0, 0.05) is 35.7 Å². The van der Waals surface area contributed by atoms with Crippen LogP contribution in [-0.2, 0) is 9.47 Å². The summed E-state index contributed by atoms with van der Waals surface area (Å²) >= 11 is 0. The van der Waals surface area contributed by atoms with E-state index >= 15 is 0 Å². The third-order valence-corrected chi connectivity index (χ3v) is 4.56. The number of aromatic nitrogens is 1. The highest BCUT2D eigenvalue weighted by Gasteiger charge is 2.27. The number of pyridine rings is 1. The van der Waals surface area contributed by atoms with Crippen LogP contribution in [0, 0.1) is 0 Å². The van der Waals surface area contributed by atoms with Crippen LogP contribution < -0.4 is 16.6 Å². The Labute approximate surface area is 187 Å². The van der Waals surface area contributed by atoms with Crippen molar-refractivity contribution in [3.8, 4) is 11.1 Å². The number of hydrogen-bond acceptors (Lipinski definition) is 6. The van der Waals surface area contributed by atoms with Crippen LogP contribution in [0.15, 0.2) is 47.8 Å². The lowest BCUT2D eigenvalue weighted by molar-refractivity contribution is 0.0217. The van der Waals surface area contributed by atoms with Crippen LogP contribution in [0.1, 0.15) is 38.9 Å². The molecule has 0 spiro atoms. The fourth-order valence-electron chi connectivity index (χ4n) is 3.08. The number of hydrogen-bond donors (Lipinski definition) is 3. The van der Waals surface area contributed by atoms with E-state index in [1.54, 1.807) is 58.2 Å². The van der Waals surface area contributed by atoms with Gasteiger partial charge in [-0.1, -0.05) is 12.1 Å². The number of carbonyl (C=O) groups excluding carboxylic acids is 2. The van der Waals surface area contributed by atoms with E-state index in [1.807, 2.05) is 0 Å². The van der Waals surface area contributed by atoms with E-state index in [4.69, 9.17) is 10.5 Å². The monoisotopic (exact) mass is 442 g/mol. The fraction of sp³-hybridized carbons (Fsp3) is 0.348. The van der Waals surface area contributed by atoms with Gasteiger partial charge in [0.1, 0.15) is 5.60 Å². The molecule has 9 nitrogen and oxygen atoms in total. The van der Waals surface area contributed by atoms with E-state index in [-0.39, 0.29) is 5.56 Å². The Morgan fingerprint density at radius 1 is 1.28 bits per heavy atom. The highest BCUT2D eigenvalue weighted by atomic mass is 16.6. The van der Waals surface area contributed by atoms with Crippen LogP contribution in [0.4, 0.5) is 21.0 Å². The van der Waals surface area contributed by atoms with Gasteiger partial charge in [0.05, 0.1) is 13.2 Å². The predicted octanol–water partition coefficient (Wildman–Crippen LogP) is 4.29. The molecule has 1 atom stereocenters. The van der Waals surface area contributed by atoms with Crippen molar-refractivity contribution in [2.75, 3.05) is 25.2 Å². The smallest absolute Gasteiger partial charge is 0.411 e. The zero-order chi connectivity index (χ0) is 24.1. The first kappa shape index (κ1) is 24.5. The molecule has 0 bridgehead atoms. The average Bonchev–Trinajstić information content (AvgIpc) is 2.69. The minimum Gasteiger partial charge on any atom is -0.453 e. The largest absolute Gasteiger partial charge is 0.453 e. The van der Waals surface area contributed by atoms with Crippen molar-refractivity contribution in [1.29, 1.82) is 0 Å². The van der Waals surface area contributed by atoms with E-state index in [2.05, 4.69) is 21.6 Å². The van der Waals surface area contributed by atoms with Gasteiger partial charge in [-0.15, -0.1) is 6.58 Å². The Morgan fingerprint density at radius 3 is 2.53 bits per heavy atom. The first-order chi connectivity index (χ1) is 14.9. The van der Waals surface area contributed by atoms with Crippen LogP contribution in [-0.4, -0.2) is 41.8 Å². The predicted molar refractivity (Wildman–Crippen MR) is 124 cm³/mol. The first-order valence-corrected chi connectivity index (χ1v) is 10.0. The van der Waals surface area contributed by atoms with Gasteiger partial charge in [0.15, 0.2) is 0 Å². The van der Waals surface area contributed by atoms with Crippen molar-refractivity contribution in [3.05, 3.63) is 59.0 Å². The average molecular weight is 443 g/mol. The standard InChI is InChI=1S/C23H30N4O5/c1-7-8-19(27(5)22(30)32-23(2,3)4)18-11-14(12-20(28)26-18)16-10-9-15(13-17(16)24)25-21(29)31-6/h7,9-13,19H,1,8,24H2,2-6H3,(H,25,29)(H,26,28). The minimum atomic E-state index is -0.659. The second kappa shape index (κ2) is 10.0. The van der Waals surface area contributed by atoms with Gasteiger partial charge in [0.2, 0.25) is 5.56 Å². The summed E-state index contributed by atoms with van der Waals surface area (Å²) in [7, 11) is 2.87. The lowest BCUT2D eigenvalue weighted by atomic mass is 10.0. The summed E-state index contributed by atoms with van der Waals surface area (Å²) in [5.74, 6) is 0. The molecule has 2 aromatic rings. The van der Waals surface area contributed by atoms with E-state index < -0.39 is 23.8 Å². The third kappa shape index (κ3) is 6.37. The quantitative estimate of drug-likeness (QED) is 0.452. The molecule has 32 heavy (non-hydrogen) atoms. The van der Waals surface area contributed by atoms with Gasteiger partial charge in [-0.3, -0.25) is 10.1 Å². The summed E-state index contributed by atoms with van der Waals surface area (Å²) in [6, 6.07) is 7.59. The third-order valence-electron chi connectivity index (χ3n) is 4.56. The van der Waals surface area contributed by atoms with Crippen molar-refractivity contribution in [1.82, 2.24) is 9.88 Å². The Hall–Kier alpha value is -3.75. The number of nitrogens with two attached hydrogens (primary N) is 1. The number of nitrogen functional groups attached to an aromatic ring is 1. The lowest BCUT2D eigenvalue weighted by Crippen LogP contribution is -2.37. The SMILES string of the molecule is C=CCC(c1cc(-c2ccc(NC(=O)OC)cc2N)cc(=O)[nH]1)N(C)C(=O)OC(C)(C)C. The molecular weight excluding hydrogens is 412 g/mol. The molecule has 0 saturated carbocycles. The molecule has 1 unspecified atom stereocenters. The summed E-state index contributed by atoms with van der Waals surface area (Å²) < 4.78 is 10.0. The summed E-state index contributed by atoms with van der Waals surface area (Å²) in [6.07, 6.45) is 0.923. The lowest BCUT2D eigenvalue weighted by Gasteiger charge is -2.30. The molecule has 9 heteroatoms. The number of carbonyl (C=O) groups is 2. The minimum absolute atomic E-state index is 0.347. The zero-order valence-corrected chi connectivity index (χ0v) is 19.0. The molecule has 0 aliphatic carbocycles. The number of ether oxygens (including phenoxy) is 2. The molecular formula is C23H30N4O5. The van der Waals surface area contributed by atoms with Crippen LogP contribution >= 0.6 is 0 Å². The molecule has 2 amide bonds. The Kier molecular flexibility index (Phi) is 7.69. The van der Waals surface area contributed by atoms with Crippen LogP contribution in [0.5, 0.6) is 0 Å². The van der Waals surface area contributed by atoms with Gasteiger partial charge in [0.25, 0.3) is 0 Å². The van der Waals surface area contributed by atoms with Gasteiger partial charge >= 0.3 is 12.2 Å². The van der Waals surface area contributed by atoms with Gasteiger partial charge in [-0.25, -0.2) is 9.59 Å².